The molecule has 2 amide bonds. The van der Waals surface area contributed by atoms with Gasteiger partial charge in [-0.05, 0) is 11.6 Å². The third-order valence-corrected chi connectivity index (χ3v) is 3.07. The second kappa shape index (κ2) is 6.31. The van der Waals surface area contributed by atoms with Gasteiger partial charge >= 0.3 is 0 Å². The van der Waals surface area contributed by atoms with Crippen LogP contribution in [-0.4, -0.2) is 26.8 Å². The molecule has 9 nitrogen and oxygen atoms in total. The van der Waals surface area contributed by atoms with Crippen molar-refractivity contribution in [1.29, 1.82) is 0 Å². The normalized spacial score (nSPS) is 10.2. The van der Waals surface area contributed by atoms with Gasteiger partial charge in [0, 0.05) is 5.02 Å². The molecule has 0 saturated carbocycles. The molecule has 1 heterocycles. The van der Waals surface area contributed by atoms with Crippen LogP contribution in [0, 0.1) is 0 Å². The van der Waals surface area contributed by atoms with Crippen molar-refractivity contribution in [3.05, 3.63) is 46.2 Å². The van der Waals surface area contributed by atoms with E-state index in [2.05, 4.69) is 10.3 Å². The summed E-state index contributed by atoms with van der Waals surface area (Å²) in [5, 5.41) is 7.91. The monoisotopic (exact) mass is 309 g/mol. The molecule has 0 radical (unpaired) electrons. The van der Waals surface area contributed by atoms with Crippen molar-refractivity contribution in [2.45, 2.75) is 6.54 Å². The first kappa shape index (κ1) is 14.9. The van der Waals surface area contributed by atoms with Crippen molar-refractivity contribution < 1.29 is 9.59 Å². The van der Waals surface area contributed by atoms with Gasteiger partial charge in [-0.3, -0.25) is 20.4 Å². The summed E-state index contributed by atoms with van der Waals surface area (Å²) in [4.78, 5) is 23.4. The van der Waals surface area contributed by atoms with E-state index in [1.807, 2.05) is 10.9 Å². The van der Waals surface area contributed by atoms with E-state index in [9.17, 15) is 9.59 Å². The summed E-state index contributed by atoms with van der Waals surface area (Å²) >= 11 is 6.05. The largest absolute Gasteiger partial charge is 0.289 e. The first-order chi connectivity index (χ1) is 10.1. The van der Waals surface area contributed by atoms with E-state index in [1.54, 1.807) is 24.3 Å². The fraction of sp³-hybridized carbons (Fsp3) is 0.0909. The van der Waals surface area contributed by atoms with E-state index in [0.29, 0.717) is 10.6 Å². The van der Waals surface area contributed by atoms with Crippen molar-refractivity contribution in [2.75, 3.05) is 0 Å². The predicted octanol–water partition coefficient (Wildman–Crippen LogP) is -0.813. The van der Waals surface area contributed by atoms with Crippen LogP contribution in [0.1, 0.15) is 26.5 Å². The SMILES string of the molecule is NNC(=O)c1nnn(Cc2ccccc2Cl)c1C(=O)NN. The van der Waals surface area contributed by atoms with Gasteiger partial charge in [-0.15, -0.1) is 5.10 Å². The van der Waals surface area contributed by atoms with Crippen molar-refractivity contribution in [1.82, 2.24) is 25.8 Å². The lowest BCUT2D eigenvalue weighted by molar-refractivity contribution is 0.0911. The zero-order chi connectivity index (χ0) is 15.4. The lowest BCUT2D eigenvalue weighted by Gasteiger charge is -2.07. The number of nitrogens with zero attached hydrogens (tertiary/aromatic N) is 3. The highest BCUT2D eigenvalue weighted by atomic mass is 35.5. The van der Waals surface area contributed by atoms with E-state index >= 15 is 0 Å². The predicted molar refractivity (Wildman–Crippen MR) is 73.9 cm³/mol. The van der Waals surface area contributed by atoms with E-state index in [0.717, 1.165) is 0 Å². The summed E-state index contributed by atoms with van der Waals surface area (Å²) in [5.74, 6) is 8.68. The summed E-state index contributed by atoms with van der Waals surface area (Å²) in [6, 6.07) is 7.02. The van der Waals surface area contributed by atoms with Crippen LogP contribution in [0.4, 0.5) is 0 Å². The molecule has 0 atom stereocenters. The number of hydrazine groups is 2. The van der Waals surface area contributed by atoms with Gasteiger partial charge in [0.2, 0.25) is 0 Å². The number of hydrogen-bond donors (Lipinski definition) is 4. The highest BCUT2D eigenvalue weighted by Gasteiger charge is 2.24. The van der Waals surface area contributed by atoms with Gasteiger partial charge in [0.05, 0.1) is 6.54 Å². The number of halogens is 1. The topological polar surface area (TPSA) is 141 Å². The quantitative estimate of drug-likeness (QED) is 0.330. The van der Waals surface area contributed by atoms with Gasteiger partial charge in [0.1, 0.15) is 0 Å². The molecule has 1 aromatic heterocycles. The minimum absolute atomic E-state index is 0.111. The lowest BCUT2D eigenvalue weighted by atomic mass is 10.2. The van der Waals surface area contributed by atoms with Crippen LogP contribution in [-0.2, 0) is 6.54 Å². The highest BCUT2D eigenvalue weighted by Crippen LogP contribution is 2.17. The Balaban J connectivity index is 2.45. The first-order valence-corrected chi connectivity index (χ1v) is 6.15. The number of carbonyl (C=O) groups is 2. The van der Waals surface area contributed by atoms with Gasteiger partial charge in [0.25, 0.3) is 11.8 Å². The minimum atomic E-state index is -0.751. The Bertz CT molecular complexity index is 685. The maximum Gasteiger partial charge on any atom is 0.288 e. The maximum absolute atomic E-state index is 11.8. The molecule has 0 unspecified atom stereocenters. The minimum Gasteiger partial charge on any atom is -0.289 e. The maximum atomic E-state index is 11.8. The first-order valence-electron chi connectivity index (χ1n) is 5.77. The molecule has 0 aliphatic carbocycles. The Hall–Kier alpha value is -2.49. The molecule has 1 aromatic carbocycles. The van der Waals surface area contributed by atoms with Crippen LogP contribution in [0.3, 0.4) is 0 Å². The number of carbonyl (C=O) groups excluding carboxylic acids is 2. The number of nitrogens with two attached hydrogens (primary N) is 2. The molecule has 0 bridgehead atoms. The van der Waals surface area contributed by atoms with Crippen LogP contribution < -0.4 is 22.5 Å². The summed E-state index contributed by atoms with van der Waals surface area (Å²) in [6.07, 6.45) is 0. The molecule has 6 N–H and O–H groups in total. The molecule has 10 heteroatoms. The Kier molecular flexibility index (Phi) is 4.48. The number of benzene rings is 1. The summed E-state index contributed by atoms with van der Waals surface area (Å²) in [5.41, 5.74) is 4.19. The second-order valence-corrected chi connectivity index (χ2v) is 4.39. The molecule has 0 fully saturated rings. The van der Waals surface area contributed by atoms with Crippen molar-refractivity contribution >= 4 is 23.4 Å². The number of rotatable bonds is 4. The van der Waals surface area contributed by atoms with Crippen LogP contribution >= 0.6 is 11.6 Å². The Labute approximate surface area is 124 Å². The van der Waals surface area contributed by atoms with Gasteiger partial charge < -0.3 is 0 Å². The van der Waals surface area contributed by atoms with Crippen molar-refractivity contribution in [3.8, 4) is 0 Å². The molecule has 0 saturated heterocycles. The van der Waals surface area contributed by atoms with E-state index in [1.165, 1.54) is 4.68 Å². The fourth-order valence-corrected chi connectivity index (χ4v) is 1.92. The van der Waals surface area contributed by atoms with Crippen LogP contribution in [0.2, 0.25) is 5.02 Å². The molecule has 0 spiro atoms. The van der Waals surface area contributed by atoms with Gasteiger partial charge in [0.15, 0.2) is 11.4 Å². The third kappa shape index (κ3) is 2.99. The lowest BCUT2D eigenvalue weighted by Crippen LogP contribution is -2.36. The molecule has 2 aromatic rings. The molecule has 21 heavy (non-hydrogen) atoms. The van der Waals surface area contributed by atoms with Gasteiger partial charge in [-0.25, -0.2) is 16.4 Å². The molecule has 110 valence electrons. The van der Waals surface area contributed by atoms with E-state index in [-0.39, 0.29) is 17.9 Å². The summed E-state index contributed by atoms with van der Waals surface area (Å²) in [7, 11) is 0. The van der Waals surface area contributed by atoms with E-state index < -0.39 is 11.8 Å². The Morgan fingerprint density at radius 3 is 2.48 bits per heavy atom. The Morgan fingerprint density at radius 2 is 1.86 bits per heavy atom. The van der Waals surface area contributed by atoms with E-state index in [4.69, 9.17) is 23.3 Å². The number of nitrogens with one attached hydrogen (secondary N) is 2. The molecule has 2 rings (SSSR count). The van der Waals surface area contributed by atoms with Crippen LogP contribution in [0.5, 0.6) is 0 Å². The van der Waals surface area contributed by atoms with Crippen LogP contribution in [0.15, 0.2) is 24.3 Å². The zero-order valence-electron chi connectivity index (χ0n) is 10.7. The Morgan fingerprint density at radius 1 is 1.19 bits per heavy atom. The molecular weight excluding hydrogens is 298 g/mol. The number of amides is 2. The number of nitrogen functional groups attached to an aromatic ring is 2. The standard InChI is InChI=1S/C11H12ClN7O2/c12-7-4-2-1-3-6(7)5-19-9(11(21)16-14)8(17-18-19)10(20)15-13/h1-4H,5,13-14H2,(H,15,20)(H,16,21). The fourth-order valence-electron chi connectivity index (χ4n) is 1.73. The molecule has 0 aliphatic rings. The van der Waals surface area contributed by atoms with Gasteiger partial charge in [-0.1, -0.05) is 35.0 Å². The van der Waals surface area contributed by atoms with Crippen molar-refractivity contribution in [3.63, 3.8) is 0 Å². The molecule has 0 aliphatic heterocycles. The van der Waals surface area contributed by atoms with Gasteiger partial charge in [-0.2, -0.15) is 0 Å². The zero-order valence-corrected chi connectivity index (χ0v) is 11.5. The average molecular weight is 310 g/mol. The summed E-state index contributed by atoms with van der Waals surface area (Å²) in [6.45, 7) is 0.146. The number of aromatic nitrogens is 3. The molecular formula is C11H12ClN7O2. The summed E-state index contributed by atoms with van der Waals surface area (Å²) < 4.78 is 1.22. The van der Waals surface area contributed by atoms with Crippen molar-refractivity contribution in [2.24, 2.45) is 11.7 Å². The van der Waals surface area contributed by atoms with Crippen LogP contribution in [0.25, 0.3) is 0 Å². The number of hydrogen-bond acceptors (Lipinski definition) is 6. The second-order valence-electron chi connectivity index (χ2n) is 3.98. The average Bonchev–Trinajstić information content (AvgIpc) is 2.91. The highest BCUT2D eigenvalue weighted by molar-refractivity contribution is 6.31. The third-order valence-electron chi connectivity index (χ3n) is 2.71. The smallest absolute Gasteiger partial charge is 0.288 e.